The molecular formula is C16H31IN4O3S2. The van der Waals surface area contributed by atoms with Gasteiger partial charge in [-0.3, -0.25) is 4.99 Å². The summed E-state index contributed by atoms with van der Waals surface area (Å²) in [7, 11) is 1.41. The van der Waals surface area contributed by atoms with E-state index in [0.717, 1.165) is 43.9 Å². The number of hydrogen-bond acceptors (Lipinski definition) is 5. The third-order valence-electron chi connectivity index (χ3n) is 3.43. The molecule has 0 fully saturated rings. The fourth-order valence-corrected chi connectivity index (χ4v) is 4.36. The molecule has 1 rings (SSSR count). The molecule has 0 aliphatic heterocycles. The molecule has 0 bridgehead atoms. The van der Waals surface area contributed by atoms with Crippen molar-refractivity contribution in [3.05, 3.63) is 17.0 Å². The molecule has 0 saturated heterocycles. The van der Waals surface area contributed by atoms with Crippen LogP contribution in [0.3, 0.4) is 0 Å². The number of aliphatic imine (C=N–C) groups is 1. The van der Waals surface area contributed by atoms with Crippen molar-refractivity contribution in [3.8, 4) is 0 Å². The van der Waals surface area contributed by atoms with Crippen molar-refractivity contribution in [2.75, 3.05) is 40.9 Å². The van der Waals surface area contributed by atoms with Crippen molar-refractivity contribution in [1.29, 1.82) is 0 Å². The number of rotatable bonds is 11. The second-order valence-electron chi connectivity index (χ2n) is 5.68. The Labute approximate surface area is 178 Å². The second-order valence-corrected chi connectivity index (χ2v) is 9.23. The van der Waals surface area contributed by atoms with Gasteiger partial charge >= 0.3 is 0 Å². The molecule has 1 heterocycles. The first-order valence-electron chi connectivity index (χ1n) is 8.45. The molecular weight excluding hydrogens is 487 g/mol. The van der Waals surface area contributed by atoms with Crippen LogP contribution in [-0.2, 0) is 21.3 Å². The number of halogens is 1. The molecule has 7 nitrogen and oxygen atoms in total. The lowest BCUT2D eigenvalue weighted by molar-refractivity contribution is 0.129. The molecule has 0 atom stereocenters. The number of hydrogen-bond donors (Lipinski definition) is 2. The number of thiophene rings is 1. The van der Waals surface area contributed by atoms with E-state index in [1.54, 1.807) is 13.1 Å². The predicted octanol–water partition coefficient (Wildman–Crippen LogP) is 2.49. The van der Waals surface area contributed by atoms with Crippen molar-refractivity contribution in [3.63, 3.8) is 0 Å². The average Bonchev–Trinajstić information content (AvgIpc) is 3.06. The van der Waals surface area contributed by atoms with Crippen molar-refractivity contribution in [2.45, 2.75) is 36.9 Å². The summed E-state index contributed by atoms with van der Waals surface area (Å²) in [5, 5.41) is 6.41. The predicted molar refractivity (Wildman–Crippen MR) is 119 cm³/mol. The van der Waals surface area contributed by atoms with Gasteiger partial charge in [-0.05, 0) is 25.0 Å². The summed E-state index contributed by atoms with van der Waals surface area (Å²) in [6, 6.07) is 3.46. The topological polar surface area (TPSA) is 83.0 Å². The summed E-state index contributed by atoms with van der Waals surface area (Å²) in [5.74, 6) is 0.693. The quantitative estimate of drug-likeness (QED) is 0.204. The van der Waals surface area contributed by atoms with Crippen LogP contribution in [0.4, 0.5) is 0 Å². The first-order valence-corrected chi connectivity index (χ1v) is 10.7. The van der Waals surface area contributed by atoms with E-state index in [1.165, 1.54) is 29.7 Å². The fourth-order valence-electron chi connectivity index (χ4n) is 1.89. The highest BCUT2D eigenvalue weighted by molar-refractivity contribution is 14.0. The molecule has 0 saturated carbocycles. The average molecular weight is 518 g/mol. The van der Waals surface area contributed by atoms with Crippen LogP contribution in [0.25, 0.3) is 0 Å². The lowest BCUT2D eigenvalue weighted by atomic mass is 10.4. The third-order valence-corrected chi connectivity index (χ3v) is 6.79. The van der Waals surface area contributed by atoms with Crippen LogP contribution in [0.1, 0.15) is 31.1 Å². The number of guanidine groups is 1. The number of nitrogens with one attached hydrogen (secondary N) is 2. The fraction of sp³-hybridized carbons (Fsp3) is 0.688. The van der Waals surface area contributed by atoms with Crippen LogP contribution >= 0.6 is 35.3 Å². The van der Waals surface area contributed by atoms with E-state index in [1.807, 2.05) is 6.07 Å². The van der Waals surface area contributed by atoms with Gasteiger partial charge in [-0.15, -0.1) is 35.3 Å². The molecule has 0 aliphatic carbocycles. The minimum atomic E-state index is -3.36. The Kier molecular flexibility index (Phi) is 13.5. The minimum Gasteiger partial charge on any atom is -0.381 e. The number of nitrogens with zero attached hydrogens (tertiary/aromatic N) is 2. The monoisotopic (exact) mass is 518 g/mol. The van der Waals surface area contributed by atoms with Gasteiger partial charge in [0.1, 0.15) is 4.21 Å². The summed E-state index contributed by atoms with van der Waals surface area (Å²) >= 11 is 1.27. The van der Waals surface area contributed by atoms with Gasteiger partial charge < -0.3 is 15.4 Å². The maximum Gasteiger partial charge on any atom is 0.252 e. The van der Waals surface area contributed by atoms with Crippen LogP contribution in [0.5, 0.6) is 0 Å². The Bertz CT molecular complexity index is 633. The molecule has 26 heavy (non-hydrogen) atoms. The number of sulfonamides is 1. The molecule has 0 unspecified atom stereocenters. The molecule has 152 valence electrons. The van der Waals surface area contributed by atoms with Crippen LogP contribution in [-0.4, -0.2) is 59.6 Å². The molecule has 0 spiro atoms. The van der Waals surface area contributed by atoms with Gasteiger partial charge in [0.2, 0.25) is 0 Å². The minimum absolute atomic E-state index is 0. The van der Waals surface area contributed by atoms with Crippen molar-refractivity contribution in [1.82, 2.24) is 14.9 Å². The van der Waals surface area contributed by atoms with Crippen LogP contribution in [0, 0.1) is 0 Å². The Hall–Kier alpha value is -0.430. The number of unbranched alkanes of at least 4 members (excludes halogenated alkanes) is 1. The highest BCUT2D eigenvalue weighted by atomic mass is 127. The smallest absolute Gasteiger partial charge is 0.252 e. The van der Waals surface area contributed by atoms with E-state index in [9.17, 15) is 8.42 Å². The number of ether oxygens (including phenoxy) is 1. The summed E-state index contributed by atoms with van der Waals surface area (Å²) in [5.41, 5.74) is 0. The van der Waals surface area contributed by atoms with Gasteiger partial charge in [0.15, 0.2) is 5.96 Å². The Morgan fingerprint density at radius 2 is 1.92 bits per heavy atom. The lowest BCUT2D eigenvalue weighted by Gasteiger charge is -2.11. The highest BCUT2D eigenvalue weighted by Gasteiger charge is 2.19. The standard InChI is InChI=1S/C16H30N4O3S2.HI/c1-5-6-11-23-12-7-10-18-16(17-2)19-13-14-8-9-15(24-14)25(21,22)20(3)4;/h8-9H,5-7,10-13H2,1-4H3,(H2,17,18,19);1H. The largest absolute Gasteiger partial charge is 0.381 e. The molecule has 1 aromatic heterocycles. The van der Waals surface area contributed by atoms with Gasteiger partial charge in [-0.2, -0.15) is 0 Å². The van der Waals surface area contributed by atoms with Crippen LogP contribution in [0.15, 0.2) is 21.3 Å². The first kappa shape index (κ1) is 25.6. The summed E-state index contributed by atoms with van der Waals surface area (Å²) in [6.45, 7) is 5.00. The van der Waals surface area contributed by atoms with E-state index in [-0.39, 0.29) is 24.0 Å². The second kappa shape index (κ2) is 13.7. The zero-order chi connectivity index (χ0) is 18.7. The maximum absolute atomic E-state index is 12.1. The normalized spacial score (nSPS) is 12.1. The van der Waals surface area contributed by atoms with E-state index in [2.05, 4.69) is 22.5 Å². The SMILES string of the molecule is CCCCOCCCNC(=NC)NCc1ccc(S(=O)(=O)N(C)C)s1.I. The molecule has 10 heteroatoms. The lowest BCUT2D eigenvalue weighted by Crippen LogP contribution is -2.37. The summed E-state index contributed by atoms with van der Waals surface area (Å²) in [4.78, 5) is 5.10. The van der Waals surface area contributed by atoms with E-state index in [0.29, 0.717) is 16.7 Å². The Balaban J connectivity index is 0.00000625. The Morgan fingerprint density at radius 1 is 1.23 bits per heavy atom. The van der Waals surface area contributed by atoms with Crippen molar-refractivity contribution < 1.29 is 13.2 Å². The molecule has 0 amide bonds. The van der Waals surface area contributed by atoms with Gasteiger partial charge in [-0.1, -0.05) is 13.3 Å². The molecule has 1 aromatic rings. The van der Waals surface area contributed by atoms with E-state index >= 15 is 0 Å². The van der Waals surface area contributed by atoms with Crippen LogP contribution in [0.2, 0.25) is 0 Å². The third kappa shape index (κ3) is 8.98. The summed E-state index contributed by atoms with van der Waals surface area (Å²) in [6.07, 6.45) is 3.16. The van der Waals surface area contributed by atoms with Gasteiger partial charge in [0, 0.05) is 45.8 Å². The molecule has 2 N–H and O–H groups in total. The van der Waals surface area contributed by atoms with Gasteiger partial charge in [0.05, 0.1) is 6.54 Å². The Morgan fingerprint density at radius 3 is 2.54 bits per heavy atom. The van der Waals surface area contributed by atoms with Gasteiger partial charge in [-0.25, -0.2) is 12.7 Å². The van der Waals surface area contributed by atoms with E-state index < -0.39 is 10.0 Å². The maximum atomic E-state index is 12.1. The summed E-state index contributed by atoms with van der Waals surface area (Å²) < 4.78 is 31.2. The first-order chi connectivity index (χ1) is 11.9. The van der Waals surface area contributed by atoms with Crippen molar-refractivity contribution >= 4 is 51.3 Å². The zero-order valence-corrected chi connectivity index (χ0v) is 19.9. The van der Waals surface area contributed by atoms with Crippen molar-refractivity contribution in [2.24, 2.45) is 4.99 Å². The molecule has 0 aromatic carbocycles. The highest BCUT2D eigenvalue weighted by Crippen LogP contribution is 2.23. The molecule has 0 radical (unpaired) electrons. The van der Waals surface area contributed by atoms with Crippen LogP contribution < -0.4 is 10.6 Å². The molecule has 0 aliphatic rings. The van der Waals surface area contributed by atoms with E-state index in [4.69, 9.17) is 4.74 Å². The van der Waals surface area contributed by atoms with Gasteiger partial charge in [0.25, 0.3) is 10.0 Å². The zero-order valence-electron chi connectivity index (χ0n) is 15.9.